The zero-order chi connectivity index (χ0) is 19.1. The third-order valence-corrected chi connectivity index (χ3v) is 3.24. The van der Waals surface area contributed by atoms with Crippen molar-refractivity contribution in [3.8, 4) is 6.07 Å². The number of hydrogen-bond donors (Lipinski definition) is 6. The molecule has 1 aliphatic heterocycles. The van der Waals surface area contributed by atoms with Crippen LogP contribution < -0.4 is 0 Å². The van der Waals surface area contributed by atoms with Crippen LogP contribution in [0.25, 0.3) is 0 Å². The highest BCUT2D eigenvalue weighted by Crippen LogP contribution is 2.25. The van der Waals surface area contributed by atoms with Crippen molar-refractivity contribution in [2.75, 3.05) is 6.61 Å². The van der Waals surface area contributed by atoms with Gasteiger partial charge in [0.1, 0.15) is 30.5 Å². The van der Waals surface area contributed by atoms with Crippen LogP contribution in [-0.2, 0) is 19.1 Å². The monoisotopic (exact) mass is 359 g/mol. The van der Waals surface area contributed by atoms with Crippen LogP contribution in [-0.4, -0.2) is 79.9 Å². The molecule has 1 heterocycles. The van der Waals surface area contributed by atoms with Crippen LogP contribution in [0.1, 0.15) is 6.42 Å². The molecule has 11 nitrogen and oxygen atoms in total. The largest absolute Gasteiger partial charge is 0.481 e. The van der Waals surface area contributed by atoms with E-state index < -0.39 is 61.4 Å². The molecule has 0 amide bonds. The van der Waals surface area contributed by atoms with Crippen LogP contribution in [0.15, 0.2) is 23.5 Å². The third kappa shape index (κ3) is 5.52. The summed E-state index contributed by atoms with van der Waals surface area (Å²) < 4.78 is 10.1. The van der Waals surface area contributed by atoms with E-state index in [1.165, 1.54) is 6.07 Å². The highest BCUT2D eigenvalue weighted by molar-refractivity contribution is 5.81. The van der Waals surface area contributed by atoms with E-state index in [1.54, 1.807) is 0 Å². The van der Waals surface area contributed by atoms with E-state index in [2.05, 4.69) is 0 Å². The SMILES string of the molecule is N#C/C(O[C@@H]1O[C@H](CO)[C@@H](O)[C@H](O)[C@H]1O)=C(\C=CC(=O)O)CC(=O)O. The first-order valence-corrected chi connectivity index (χ1v) is 6.94. The van der Waals surface area contributed by atoms with Gasteiger partial charge in [0, 0.05) is 11.6 Å². The van der Waals surface area contributed by atoms with E-state index >= 15 is 0 Å². The van der Waals surface area contributed by atoms with Crippen molar-refractivity contribution in [2.45, 2.75) is 37.1 Å². The number of carboxylic acid groups (broad SMARTS) is 2. The zero-order valence-electron chi connectivity index (χ0n) is 12.7. The van der Waals surface area contributed by atoms with E-state index in [1.807, 2.05) is 0 Å². The van der Waals surface area contributed by atoms with Gasteiger partial charge in [-0.05, 0) is 6.08 Å². The van der Waals surface area contributed by atoms with Gasteiger partial charge in [-0.2, -0.15) is 5.26 Å². The van der Waals surface area contributed by atoms with Crippen LogP contribution in [0.2, 0.25) is 0 Å². The number of nitriles is 1. The normalized spacial score (nSPS) is 30.4. The molecule has 5 atom stereocenters. The molecule has 6 N–H and O–H groups in total. The van der Waals surface area contributed by atoms with Crippen LogP contribution in [0, 0.1) is 11.3 Å². The Kier molecular flexibility index (Phi) is 7.49. The van der Waals surface area contributed by atoms with Crippen molar-refractivity contribution in [1.82, 2.24) is 0 Å². The highest BCUT2D eigenvalue weighted by atomic mass is 16.7. The minimum absolute atomic E-state index is 0.325. The Hall–Kier alpha value is -2.49. The summed E-state index contributed by atoms with van der Waals surface area (Å²) in [5, 5.41) is 64.8. The lowest BCUT2D eigenvalue weighted by Crippen LogP contribution is -2.59. The van der Waals surface area contributed by atoms with Crippen molar-refractivity contribution in [3.05, 3.63) is 23.5 Å². The maximum atomic E-state index is 10.9. The van der Waals surface area contributed by atoms with E-state index in [0.717, 1.165) is 6.08 Å². The number of nitrogens with zero attached hydrogens (tertiary/aromatic N) is 1. The van der Waals surface area contributed by atoms with Gasteiger partial charge in [0.15, 0.2) is 0 Å². The number of aliphatic carboxylic acids is 2. The number of aliphatic hydroxyl groups is 4. The number of hydrogen-bond acceptors (Lipinski definition) is 9. The van der Waals surface area contributed by atoms with E-state index in [-0.39, 0.29) is 5.57 Å². The summed E-state index contributed by atoms with van der Waals surface area (Å²) in [5.41, 5.74) is -0.325. The summed E-state index contributed by atoms with van der Waals surface area (Å²) in [7, 11) is 0. The molecule has 1 aliphatic rings. The fraction of sp³-hybridized carbons (Fsp3) is 0.500. The molecule has 0 unspecified atom stereocenters. The van der Waals surface area contributed by atoms with Crippen molar-refractivity contribution in [2.24, 2.45) is 0 Å². The summed E-state index contributed by atoms with van der Waals surface area (Å²) >= 11 is 0. The summed E-state index contributed by atoms with van der Waals surface area (Å²) in [6.45, 7) is -0.725. The van der Waals surface area contributed by atoms with Crippen LogP contribution in [0.4, 0.5) is 0 Å². The average molecular weight is 359 g/mol. The lowest BCUT2D eigenvalue weighted by molar-refractivity contribution is -0.290. The Morgan fingerprint density at radius 1 is 1.12 bits per heavy atom. The highest BCUT2D eigenvalue weighted by Gasteiger charge is 2.45. The van der Waals surface area contributed by atoms with Gasteiger partial charge in [-0.15, -0.1) is 0 Å². The Morgan fingerprint density at radius 3 is 2.24 bits per heavy atom. The first-order chi connectivity index (χ1) is 11.7. The second-order valence-corrected chi connectivity index (χ2v) is 5.02. The summed E-state index contributed by atoms with van der Waals surface area (Å²) in [5.74, 6) is -3.44. The fourth-order valence-electron chi connectivity index (χ4n) is 2.00. The van der Waals surface area contributed by atoms with Crippen molar-refractivity contribution >= 4 is 11.9 Å². The van der Waals surface area contributed by atoms with Crippen LogP contribution in [0.3, 0.4) is 0 Å². The van der Waals surface area contributed by atoms with Gasteiger partial charge < -0.3 is 40.1 Å². The van der Waals surface area contributed by atoms with Gasteiger partial charge in [-0.25, -0.2) is 4.79 Å². The number of ether oxygens (including phenoxy) is 2. The molecule has 1 rings (SSSR count). The third-order valence-electron chi connectivity index (χ3n) is 3.24. The number of rotatable bonds is 7. The summed E-state index contributed by atoms with van der Waals surface area (Å²) in [6, 6.07) is 1.51. The molecule has 1 fully saturated rings. The van der Waals surface area contributed by atoms with E-state index in [4.69, 9.17) is 30.1 Å². The number of aliphatic hydroxyl groups excluding tert-OH is 4. The van der Waals surface area contributed by atoms with E-state index in [0.29, 0.717) is 6.08 Å². The smallest absolute Gasteiger partial charge is 0.328 e. The minimum atomic E-state index is -1.81. The zero-order valence-corrected chi connectivity index (χ0v) is 12.7. The number of carboxylic acids is 2. The summed E-state index contributed by atoms with van der Waals surface area (Å²) in [4.78, 5) is 21.4. The van der Waals surface area contributed by atoms with Crippen LogP contribution in [0.5, 0.6) is 0 Å². The van der Waals surface area contributed by atoms with Gasteiger partial charge in [-0.1, -0.05) is 0 Å². The molecular formula is C14H17NO10. The standard InChI is InChI=1S/C14H17NO10/c15-4-7(6(3-10(19)20)1-2-9(17)18)24-14-13(23)12(22)11(21)8(5-16)25-14/h1-2,8,11-14,16,21-23H,3,5H2,(H,17,18)(H,19,20)/b2-1?,7-6-/t8-,11-,12+,13-,14-/m1/s1. The number of allylic oxidation sites excluding steroid dienone is 2. The fourth-order valence-corrected chi connectivity index (χ4v) is 2.00. The van der Waals surface area contributed by atoms with Gasteiger partial charge in [0.2, 0.25) is 12.0 Å². The predicted octanol–water partition coefficient (Wildman–Crippen LogP) is -2.30. The van der Waals surface area contributed by atoms with Crippen molar-refractivity contribution < 1.29 is 49.7 Å². The second kappa shape index (κ2) is 9.11. The van der Waals surface area contributed by atoms with Crippen molar-refractivity contribution in [1.29, 1.82) is 5.26 Å². The van der Waals surface area contributed by atoms with E-state index in [9.17, 15) is 24.9 Å². The first-order valence-electron chi connectivity index (χ1n) is 6.94. The molecule has 0 aromatic rings. The molecule has 0 aromatic heterocycles. The Labute approximate surface area is 141 Å². The van der Waals surface area contributed by atoms with Crippen molar-refractivity contribution in [3.63, 3.8) is 0 Å². The maximum Gasteiger partial charge on any atom is 0.328 e. The molecule has 11 heteroatoms. The number of carbonyl (C=O) groups is 2. The molecule has 1 saturated heterocycles. The predicted molar refractivity (Wildman–Crippen MR) is 76.5 cm³/mol. The van der Waals surface area contributed by atoms with Gasteiger partial charge in [-0.3, -0.25) is 4.79 Å². The quantitative estimate of drug-likeness (QED) is 0.124. The molecule has 25 heavy (non-hydrogen) atoms. The molecule has 0 aliphatic carbocycles. The van der Waals surface area contributed by atoms with Gasteiger partial charge in [0.25, 0.3) is 0 Å². The maximum absolute atomic E-state index is 10.9. The second-order valence-electron chi connectivity index (χ2n) is 5.02. The molecule has 138 valence electrons. The van der Waals surface area contributed by atoms with Crippen LogP contribution >= 0.6 is 0 Å². The molecule has 0 spiro atoms. The Bertz CT molecular complexity index is 605. The lowest BCUT2D eigenvalue weighted by Gasteiger charge is -2.39. The molecule has 0 aromatic carbocycles. The topological polar surface area (TPSA) is 198 Å². The average Bonchev–Trinajstić information content (AvgIpc) is 2.55. The van der Waals surface area contributed by atoms with Gasteiger partial charge in [0.05, 0.1) is 13.0 Å². The lowest BCUT2D eigenvalue weighted by atomic mass is 9.99. The molecule has 0 bridgehead atoms. The Morgan fingerprint density at radius 2 is 1.76 bits per heavy atom. The summed E-state index contributed by atoms with van der Waals surface area (Å²) in [6.07, 6.45) is -7.54. The molecule has 0 radical (unpaired) electrons. The Balaban J connectivity index is 3.12. The first kappa shape index (κ1) is 20.6. The molecule has 0 saturated carbocycles. The van der Waals surface area contributed by atoms with Gasteiger partial charge >= 0.3 is 11.9 Å². The minimum Gasteiger partial charge on any atom is -0.481 e. The molecular weight excluding hydrogens is 342 g/mol.